The molecule has 2 aromatic rings. The maximum Gasteiger partial charge on any atom is 0.0534 e. The molecule has 1 aromatic carbocycles. The molecule has 3 rings (SSSR count). The van der Waals surface area contributed by atoms with Gasteiger partial charge in [0.2, 0.25) is 0 Å². The third-order valence-corrected chi connectivity index (χ3v) is 3.88. The Bertz CT molecular complexity index is 588. The van der Waals surface area contributed by atoms with E-state index in [0.717, 1.165) is 26.2 Å². The Labute approximate surface area is 120 Å². The number of nitrogens with zero attached hydrogens (tertiary/aromatic N) is 3. The van der Waals surface area contributed by atoms with Crippen molar-refractivity contribution in [2.75, 3.05) is 25.0 Å². The first-order valence-electron chi connectivity index (χ1n) is 7.25. The molecule has 1 aliphatic rings. The Kier molecular flexibility index (Phi) is 3.74. The lowest BCUT2D eigenvalue weighted by Crippen LogP contribution is -2.19. The van der Waals surface area contributed by atoms with Crippen molar-refractivity contribution in [3.8, 4) is 0 Å². The minimum absolute atomic E-state index is 0.918. The van der Waals surface area contributed by atoms with Crippen LogP contribution < -0.4 is 10.2 Å². The molecule has 106 valence electrons. The highest BCUT2D eigenvalue weighted by atomic mass is 15.3. The summed E-state index contributed by atoms with van der Waals surface area (Å²) in [6, 6.07) is 6.81. The highest BCUT2D eigenvalue weighted by Gasteiger charge is 2.15. The van der Waals surface area contributed by atoms with E-state index in [9.17, 15) is 0 Å². The van der Waals surface area contributed by atoms with Crippen LogP contribution >= 0.6 is 0 Å². The second kappa shape index (κ2) is 5.67. The first-order valence-corrected chi connectivity index (χ1v) is 7.25. The fourth-order valence-electron chi connectivity index (χ4n) is 2.75. The van der Waals surface area contributed by atoms with E-state index in [1.807, 2.05) is 10.9 Å². The van der Waals surface area contributed by atoms with Crippen molar-refractivity contribution in [2.24, 2.45) is 0 Å². The maximum absolute atomic E-state index is 4.29. The van der Waals surface area contributed by atoms with Crippen LogP contribution in [-0.4, -0.2) is 29.9 Å². The monoisotopic (exact) mass is 270 g/mol. The summed E-state index contributed by atoms with van der Waals surface area (Å²) in [5, 5.41) is 7.77. The average Bonchev–Trinajstić information content (AvgIpc) is 3.02. The van der Waals surface area contributed by atoms with Gasteiger partial charge in [-0.1, -0.05) is 12.1 Å². The van der Waals surface area contributed by atoms with E-state index in [2.05, 4.69) is 53.7 Å². The van der Waals surface area contributed by atoms with Crippen molar-refractivity contribution < 1.29 is 0 Å². The molecule has 1 aliphatic heterocycles. The lowest BCUT2D eigenvalue weighted by molar-refractivity contribution is 0.554. The van der Waals surface area contributed by atoms with Gasteiger partial charge in [0.05, 0.1) is 12.7 Å². The van der Waals surface area contributed by atoms with Gasteiger partial charge in [-0.25, -0.2) is 0 Å². The summed E-state index contributed by atoms with van der Waals surface area (Å²) in [5.74, 6) is 0. The molecule has 4 heteroatoms. The number of benzene rings is 1. The van der Waals surface area contributed by atoms with Gasteiger partial charge in [-0.15, -0.1) is 0 Å². The van der Waals surface area contributed by atoms with E-state index < -0.39 is 0 Å². The summed E-state index contributed by atoms with van der Waals surface area (Å²) >= 11 is 0. The molecule has 0 fully saturated rings. The van der Waals surface area contributed by atoms with E-state index in [1.165, 1.54) is 28.8 Å². The van der Waals surface area contributed by atoms with Crippen LogP contribution in [0.1, 0.15) is 16.7 Å². The summed E-state index contributed by atoms with van der Waals surface area (Å²) in [6.45, 7) is 6.00. The lowest BCUT2D eigenvalue weighted by atomic mass is 10.1. The quantitative estimate of drug-likeness (QED) is 0.843. The van der Waals surface area contributed by atoms with Crippen molar-refractivity contribution in [3.63, 3.8) is 0 Å². The van der Waals surface area contributed by atoms with Crippen LogP contribution in [0.5, 0.6) is 0 Å². The van der Waals surface area contributed by atoms with Crippen molar-refractivity contribution in [1.29, 1.82) is 0 Å². The standard InChI is InChI=1S/C16H22N4/c1-13-10-18-20(12-13)8-6-17-11-14-3-4-16-15(9-14)5-7-19(16)2/h3-4,9-10,12,17H,5-8,11H2,1-2H3. The van der Waals surface area contributed by atoms with Gasteiger partial charge in [-0.2, -0.15) is 5.10 Å². The Balaban J connectivity index is 1.49. The first-order chi connectivity index (χ1) is 9.72. The van der Waals surface area contributed by atoms with Crippen LogP contribution in [0.15, 0.2) is 30.6 Å². The van der Waals surface area contributed by atoms with Crippen LogP contribution in [0.4, 0.5) is 5.69 Å². The highest BCUT2D eigenvalue weighted by molar-refractivity contribution is 5.58. The number of rotatable bonds is 5. The molecular weight excluding hydrogens is 248 g/mol. The second-order valence-corrected chi connectivity index (χ2v) is 5.59. The normalized spacial score (nSPS) is 13.8. The molecule has 2 heterocycles. The fourth-order valence-corrected chi connectivity index (χ4v) is 2.75. The van der Waals surface area contributed by atoms with Gasteiger partial charge < -0.3 is 10.2 Å². The zero-order valence-corrected chi connectivity index (χ0v) is 12.3. The predicted octanol–water partition coefficient (Wildman–Crippen LogP) is 1.97. The summed E-state index contributed by atoms with van der Waals surface area (Å²) in [7, 11) is 2.16. The molecule has 0 amide bonds. The third kappa shape index (κ3) is 2.85. The van der Waals surface area contributed by atoms with Crippen molar-refractivity contribution >= 4 is 5.69 Å². The van der Waals surface area contributed by atoms with Crippen LogP contribution in [0.2, 0.25) is 0 Å². The van der Waals surface area contributed by atoms with Gasteiger partial charge in [0, 0.05) is 38.6 Å². The average molecular weight is 270 g/mol. The van der Waals surface area contributed by atoms with Crippen LogP contribution in [-0.2, 0) is 19.5 Å². The molecule has 1 N–H and O–H groups in total. The van der Waals surface area contributed by atoms with Gasteiger partial charge >= 0.3 is 0 Å². The van der Waals surface area contributed by atoms with E-state index in [-0.39, 0.29) is 0 Å². The van der Waals surface area contributed by atoms with Gasteiger partial charge in [-0.3, -0.25) is 4.68 Å². The Morgan fingerprint density at radius 3 is 3.05 bits per heavy atom. The molecule has 0 bridgehead atoms. The van der Waals surface area contributed by atoms with E-state index >= 15 is 0 Å². The predicted molar refractivity (Wildman–Crippen MR) is 82.1 cm³/mol. The number of nitrogens with one attached hydrogen (secondary N) is 1. The smallest absolute Gasteiger partial charge is 0.0534 e. The Morgan fingerprint density at radius 1 is 1.35 bits per heavy atom. The number of hydrogen-bond donors (Lipinski definition) is 1. The van der Waals surface area contributed by atoms with Crippen LogP contribution in [0.25, 0.3) is 0 Å². The molecule has 0 radical (unpaired) electrons. The Hall–Kier alpha value is -1.81. The molecule has 0 saturated carbocycles. The van der Waals surface area contributed by atoms with Crippen molar-refractivity contribution in [1.82, 2.24) is 15.1 Å². The molecule has 0 saturated heterocycles. The van der Waals surface area contributed by atoms with E-state index in [4.69, 9.17) is 0 Å². The number of hydrogen-bond acceptors (Lipinski definition) is 3. The summed E-state index contributed by atoms with van der Waals surface area (Å²) in [6.07, 6.45) is 5.15. The number of anilines is 1. The minimum Gasteiger partial charge on any atom is -0.374 e. The Morgan fingerprint density at radius 2 is 2.25 bits per heavy atom. The summed E-state index contributed by atoms with van der Waals surface area (Å²) < 4.78 is 1.99. The van der Waals surface area contributed by atoms with Gasteiger partial charge in [0.15, 0.2) is 0 Å². The number of likely N-dealkylation sites (N-methyl/N-ethyl adjacent to an activating group) is 1. The van der Waals surface area contributed by atoms with E-state index in [1.54, 1.807) is 0 Å². The molecule has 1 aromatic heterocycles. The molecule has 0 atom stereocenters. The number of aryl methyl sites for hydroxylation is 1. The largest absolute Gasteiger partial charge is 0.374 e. The first kappa shape index (κ1) is 13.2. The summed E-state index contributed by atoms with van der Waals surface area (Å²) in [5.41, 5.74) is 5.46. The second-order valence-electron chi connectivity index (χ2n) is 5.59. The molecule has 0 unspecified atom stereocenters. The SMILES string of the molecule is Cc1cnn(CCNCc2ccc3c(c2)CCN3C)c1. The van der Waals surface area contributed by atoms with Gasteiger partial charge in [0.25, 0.3) is 0 Å². The van der Waals surface area contributed by atoms with Crippen LogP contribution in [0, 0.1) is 6.92 Å². The van der Waals surface area contributed by atoms with Crippen LogP contribution in [0.3, 0.4) is 0 Å². The third-order valence-electron chi connectivity index (χ3n) is 3.88. The molecular formula is C16H22N4. The van der Waals surface area contributed by atoms with Gasteiger partial charge in [0.1, 0.15) is 0 Å². The number of aromatic nitrogens is 2. The van der Waals surface area contributed by atoms with Crippen molar-refractivity contribution in [2.45, 2.75) is 26.4 Å². The zero-order chi connectivity index (χ0) is 13.9. The summed E-state index contributed by atoms with van der Waals surface area (Å²) in [4.78, 5) is 2.33. The van der Waals surface area contributed by atoms with E-state index in [0.29, 0.717) is 0 Å². The lowest BCUT2D eigenvalue weighted by Gasteiger charge is -2.12. The van der Waals surface area contributed by atoms with Crippen molar-refractivity contribution in [3.05, 3.63) is 47.3 Å². The molecule has 0 aliphatic carbocycles. The number of fused-ring (bicyclic) bond motifs is 1. The fraction of sp³-hybridized carbons (Fsp3) is 0.438. The molecule has 20 heavy (non-hydrogen) atoms. The highest BCUT2D eigenvalue weighted by Crippen LogP contribution is 2.27. The van der Waals surface area contributed by atoms with Gasteiger partial charge in [-0.05, 0) is 36.1 Å². The zero-order valence-electron chi connectivity index (χ0n) is 12.3. The minimum atomic E-state index is 0.918. The topological polar surface area (TPSA) is 33.1 Å². The maximum atomic E-state index is 4.29. The molecule has 0 spiro atoms. The molecule has 4 nitrogen and oxygen atoms in total.